The van der Waals surface area contributed by atoms with Gasteiger partial charge in [0.25, 0.3) is 0 Å². The van der Waals surface area contributed by atoms with E-state index in [2.05, 4.69) is 48.6 Å². The summed E-state index contributed by atoms with van der Waals surface area (Å²) in [5.41, 5.74) is 2.50. The molecule has 3 aromatic carbocycles. The molecule has 0 aromatic heterocycles. The molecular weight excluding hydrogens is 286 g/mol. The number of hydrogen-bond acceptors (Lipinski definition) is 1. The van der Waals surface area contributed by atoms with E-state index in [9.17, 15) is 0 Å². The van der Waals surface area contributed by atoms with Gasteiger partial charge < -0.3 is 5.32 Å². The molecule has 104 valence electrons. The minimum atomic E-state index is 0. The summed E-state index contributed by atoms with van der Waals surface area (Å²) in [7, 11) is 0. The van der Waals surface area contributed by atoms with Crippen molar-refractivity contribution >= 4 is 5.69 Å². The number of anilines is 1. The maximum absolute atomic E-state index is 3.44. The van der Waals surface area contributed by atoms with Crippen molar-refractivity contribution in [1.82, 2.24) is 0 Å². The number of nitrogens with one attached hydrogen (secondary N) is 1. The van der Waals surface area contributed by atoms with Crippen LogP contribution in [0.15, 0.2) is 84.9 Å². The van der Waals surface area contributed by atoms with Crippen molar-refractivity contribution in [3.63, 3.8) is 0 Å². The molecule has 0 amide bonds. The Bertz CT molecular complexity index is 509. The molecule has 0 aliphatic heterocycles. The molecule has 0 aliphatic rings. The largest absolute Gasteiger partial charge is 2.00 e. The smallest absolute Gasteiger partial charge is 0.381 e. The van der Waals surface area contributed by atoms with Crippen LogP contribution >= 0.6 is 0 Å². The van der Waals surface area contributed by atoms with Crippen molar-refractivity contribution in [1.29, 1.82) is 0 Å². The molecule has 0 radical (unpaired) electrons. The fraction of sp³-hybridized carbons (Fsp3) is 0.111. The fourth-order valence-corrected chi connectivity index (χ4v) is 1.87. The number of benzene rings is 1. The van der Waals surface area contributed by atoms with Gasteiger partial charge in [0.2, 0.25) is 0 Å². The van der Waals surface area contributed by atoms with Crippen LogP contribution < -0.4 is 5.32 Å². The Morgan fingerprint density at radius 3 is 2.05 bits per heavy atom. The maximum Gasteiger partial charge on any atom is 2.00 e. The van der Waals surface area contributed by atoms with Gasteiger partial charge in [-0.3, -0.25) is 0 Å². The molecule has 0 aliphatic carbocycles. The Morgan fingerprint density at radius 2 is 1.55 bits per heavy atom. The van der Waals surface area contributed by atoms with E-state index in [1.54, 1.807) is 0 Å². The van der Waals surface area contributed by atoms with Gasteiger partial charge in [-0.15, -0.1) is 5.56 Å². The molecule has 1 nitrogen and oxygen atoms in total. The quantitative estimate of drug-likeness (QED) is 0.531. The van der Waals surface area contributed by atoms with Crippen molar-refractivity contribution in [2.75, 3.05) is 5.32 Å². The van der Waals surface area contributed by atoms with Gasteiger partial charge in [-0.1, -0.05) is 18.2 Å². The van der Waals surface area contributed by atoms with Crippen LogP contribution in [0.25, 0.3) is 0 Å². The first-order valence-electron chi connectivity index (χ1n) is 6.56. The average Bonchev–Trinajstić information content (AvgIpc) is 3.16. The third-order valence-electron chi connectivity index (χ3n) is 2.90. The summed E-state index contributed by atoms with van der Waals surface area (Å²) < 4.78 is 0. The summed E-state index contributed by atoms with van der Waals surface area (Å²) in [5.74, 6) is 0. The van der Waals surface area contributed by atoms with E-state index in [0.717, 1.165) is 0 Å². The predicted molar refractivity (Wildman–Crippen MR) is 82.5 cm³/mol. The van der Waals surface area contributed by atoms with Crippen LogP contribution in [0.5, 0.6) is 0 Å². The summed E-state index contributed by atoms with van der Waals surface area (Å²) in [6.07, 6.45) is 0. The first-order valence-corrected chi connectivity index (χ1v) is 6.56. The molecule has 0 saturated carbocycles. The van der Waals surface area contributed by atoms with Crippen molar-refractivity contribution in [2.24, 2.45) is 0 Å². The van der Waals surface area contributed by atoms with Crippen molar-refractivity contribution in [3.05, 3.63) is 90.5 Å². The van der Waals surface area contributed by atoms with Gasteiger partial charge in [-0.2, -0.15) is 30.3 Å². The summed E-state index contributed by atoms with van der Waals surface area (Å²) in [4.78, 5) is 0. The summed E-state index contributed by atoms with van der Waals surface area (Å²) >= 11 is 0. The number of rotatable bonds is 3. The minimum Gasteiger partial charge on any atom is -0.381 e. The van der Waals surface area contributed by atoms with Gasteiger partial charge in [0.15, 0.2) is 0 Å². The van der Waals surface area contributed by atoms with E-state index in [1.807, 2.05) is 48.5 Å². The Labute approximate surface area is 131 Å². The molecule has 1 N–H and O–H groups in total. The molecular formula is C18H19FeN. The van der Waals surface area contributed by atoms with E-state index < -0.39 is 0 Å². The zero-order valence-corrected chi connectivity index (χ0v) is 12.6. The molecule has 3 aromatic rings. The molecule has 3 rings (SSSR count). The van der Waals surface area contributed by atoms with E-state index in [4.69, 9.17) is 0 Å². The van der Waals surface area contributed by atoms with Gasteiger partial charge in [0.05, 0.1) is 0 Å². The van der Waals surface area contributed by atoms with Crippen LogP contribution in [0, 0.1) is 0 Å². The third-order valence-corrected chi connectivity index (χ3v) is 2.90. The van der Waals surface area contributed by atoms with Gasteiger partial charge in [-0.05, 0) is 19.1 Å². The van der Waals surface area contributed by atoms with E-state index >= 15 is 0 Å². The van der Waals surface area contributed by atoms with Crippen LogP contribution in [0.1, 0.15) is 18.5 Å². The van der Waals surface area contributed by atoms with Crippen LogP contribution in [0.3, 0.4) is 0 Å². The normalized spacial score (nSPS) is 10.7. The van der Waals surface area contributed by atoms with Crippen molar-refractivity contribution in [2.45, 2.75) is 13.0 Å². The first-order chi connectivity index (χ1) is 9.36. The Balaban J connectivity index is 0.000000283. The molecule has 0 spiro atoms. The van der Waals surface area contributed by atoms with Crippen molar-refractivity contribution < 1.29 is 17.1 Å². The molecule has 20 heavy (non-hydrogen) atoms. The number of para-hydroxylation sites is 1. The topological polar surface area (TPSA) is 12.0 Å². The second-order valence-corrected chi connectivity index (χ2v) is 4.41. The summed E-state index contributed by atoms with van der Waals surface area (Å²) in [6.45, 7) is 2.17. The molecule has 2 heteroatoms. The van der Waals surface area contributed by atoms with Crippen LogP contribution in [0.4, 0.5) is 5.69 Å². The summed E-state index contributed by atoms with van der Waals surface area (Å²) in [6, 6.07) is 29.1. The molecule has 0 saturated heterocycles. The van der Waals surface area contributed by atoms with Crippen LogP contribution in [-0.2, 0) is 17.1 Å². The fourth-order valence-electron chi connectivity index (χ4n) is 1.87. The first kappa shape index (κ1) is 16.3. The van der Waals surface area contributed by atoms with Gasteiger partial charge in [-0.25, -0.2) is 24.3 Å². The van der Waals surface area contributed by atoms with E-state index in [1.165, 1.54) is 11.3 Å². The Hall–Kier alpha value is -1.76. The van der Waals surface area contributed by atoms with Gasteiger partial charge in [0, 0.05) is 11.7 Å². The molecule has 0 fully saturated rings. The van der Waals surface area contributed by atoms with Crippen LogP contribution in [-0.4, -0.2) is 0 Å². The van der Waals surface area contributed by atoms with Gasteiger partial charge in [0.1, 0.15) is 0 Å². The summed E-state index contributed by atoms with van der Waals surface area (Å²) in [5, 5.41) is 3.44. The Kier molecular flexibility index (Phi) is 7.49. The van der Waals surface area contributed by atoms with E-state index in [0.29, 0.717) is 6.04 Å². The average molecular weight is 305 g/mol. The van der Waals surface area contributed by atoms with Crippen molar-refractivity contribution in [3.8, 4) is 0 Å². The predicted octanol–water partition coefficient (Wildman–Crippen LogP) is 4.98. The zero-order chi connectivity index (χ0) is 13.3. The second-order valence-electron chi connectivity index (χ2n) is 4.41. The van der Waals surface area contributed by atoms with E-state index in [-0.39, 0.29) is 17.1 Å². The molecule has 0 bridgehead atoms. The third kappa shape index (κ3) is 5.48. The monoisotopic (exact) mass is 305 g/mol. The maximum atomic E-state index is 3.44. The SMILES string of the molecule is CC(Nc1ccccc1)c1ccc[cH-]1.[Fe+2].c1cc[cH-]c1. The van der Waals surface area contributed by atoms with Crippen LogP contribution in [0.2, 0.25) is 0 Å². The molecule has 1 unspecified atom stereocenters. The number of hydrogen-bond donors (Lipinski definition) is 1. The minimum absolute atomic E-state index is 0. The zero-order valence-electron chi connectivity index (χ0n) is 11.5. The standard InChI is InChI=1S/C13H14N.C5H5.Fe/c1-11(12-7-5-6-8-12)14-13-9-3-2-4-10-13;1-2-4-5-3-1;/h2-11,14H,1H3;1-5H;/q2*-1;+2. The van der Waals surface area contributed by atoms with Gasteiger partial charge >= 0.3 is 17.1 Å². The second kappa shape index (κ2) is 9.19. The molecule has 1 atom stereocenters. The Morgan fingerprint density at radius 1 is 0.850 bits per heavy atom. The molecule has 0 heterocycles.